The molecule has 6 heteroatoms. The van der Waals surface area contributed by atoms with E-state index in [1.165, 1.54) is 16.0 Å². The van der Waals surface area contributed by atoms with Crippen LogP contribution in [0.25, 0.3) is 0 Å². The molecule has 1 aromatic carbocycles. The van der Waals surface area contributed by atoms with Crippen LogP contribution in [-0.4, -0.2) is 47.9 Å². The van der Waals surface area contributed by atoms with E-state index in [0.717, 1.165) is 24.2 Å². The lowest BCUT2D eigenvalue weighted by molar-refractivity contribution is -0.142. The van der Waals surface area contributed by atoms with Crippen LogP contribution in [0.4, 0.5) is 0 Å². The molecule has 1 aliphatic heterocycles. The minimum atomic E-state index is -0.138. The van der Waals surface area contributed by atoms with Crippen LogP contribution in [-0.2, 0) is 16.0 Å². The van der Waals surface area contributed by atoms with Crippen molar-refractivity contribution in [3.8, 4) is 5.75 Å². The van der Waals surface area contributed by atoms with Crippen LogP contribution in [0.5, 0.6) is 5.75 Å². The third-order valence-electron chi connectivity index (χ3n) is 6.14. The van der Waals surface area contributed by atoms with E-state index in [4.69, 9.17) is 4.74 Å². The minimum absolute atomic E-state index is 0.00965. The quantitative estimate of drug-likeness (QED) is 0.592. The van der Waals surface area contributed by atoms with Gasteiger partial charge in [0.2, 0.25) is 11.8 Å². The van der Waals surface area contributed by atoms with Crippen molar-refractivity contribution >= 4 is 23.2 Å². The summed E-state index contributed by atoms with van der Waals surface area (Å²) in [6.45, 7) is 11.7. The van der Waals surface area contributed by atoms with E-state index in [1.54, 1.807) is 23.2 Å². The second kappa shape index (κ2) is 10.3. The number of nitrogens with zero attached hydrogens (tertiary/aromatic N) is 2. The number of carbonyl (C=O) groups excluding carboxylic acids is 2. The highest BCUT2D eigenvalue weighted by molar-refractivity contribution is 7.10. The molecule has 0 fully saturated rings. The lowest BCUT2D eigenvalue weighted by Crippen LogP contribution is -2.48. The Kier molecular flexibility index (Phi) is 7.76. The number of hydrogen-bond acceptors (Lipinski definition) is 4. The molecule has 31 heavy (non-hydrogen) atoms. The molecule has 0 N–H and O–H groups in total. The van der Waals surface area contributed by atoms with Crippen LogP contribution in [0.15, 0.2) is 29.6 Å². The van der Waals surface area contributed by atoms with Gasteiger partial charge in [0.1, 0.15) is 12.4 Å². The highest BCUT2D eigenvalue weighted by atomic mass is 32.1. The molecule has 0 saturated heterocycles. The van der Waals surface area contributed by atoms with Gasteiger partial charge in [-0.2, -0.15) is 0 Å². The average Bonchev–Trinajstić information content (AvgIpc) is 3.21. The number of ether oxygens (including phenoxy) is 1. The van der Waals surface area contributed by atoms with E-state index in [1.807, 2.05) is 24.0 Å². The second-order valence-corrected chi connectivity index (χ2v) is 9.65. The number of aryl methyl sites for hydroxylation is 2. The number of fused-ring (bicyclic) bond motifs is 1. The SMILES string of the molecule is CC[C@@H](C)CN(CC(=O)N1CCc2sccc2[C@@H]1COc1ccc(C)cc1C)C(C)=O. The van der Waals surface area contributed by atoms with Crippen molar-refractivity contribution in [3.05, 3.63) is 51.2 Å². The molecule has 0 aliphatic carbocycles. The third kappa shape index (κ3) is 5.67. The average molecular weight is 443 g/mol. The zero-order valence-electron chi connectivity index (χ0n) is 19.3. The van der Waals surface area contributed by atoms with Crippen LogP contribution in [0.1, 0.15) is 54.8 Å². The van der Waals surface area contributed by atoms with Crippen LogP contribution in [0.3, 0.4) is 0 Å². The Bertz CT molecular complexity index is 923. The summed E-state index contributed by atoms with van der Waals surface area (Å²) in [6.07, 6.45) is 1.83. The van der Waals surface area contributed by atoms with Crippen molar-refractivity contribution in [2.45, 2.75) is 53.5 Å². The van der Waals surface area contributed by atoms with Crippen molar-refractivity contribution in [2.75, 3.05) is 26.2 Å². The topological polar surface area (TPSA) is 49.9 Å². The van der Waals surface area contributed by atoms with Gasteiger partial charge in [-0.25, -0.2) is 0 Å². The van der Waals surface area contributed by atoms with Gasteiger partial charge in [-0.15, -0.1) is 11.3 Å². The number of thiophene rings is 1. The summed E-state index contributed by atoms with van der Waals surface area (Å²) in [5.74, 6) is 1.15. The Morgan fingerprint density at radius 2 is 2.06 bits per heavy atom. The van der Waals surface area contributed by atoms with Crippen molar-refractivity contribution in [2.24, 2.45) is 5.92 Å². The molecule has 1 aromatic heterocycles. The van der Waals surface area contributed by atoms with Gasteiger partial charge in [-0.05, 0) is 54.8 Å². The first-order valence-electron chi connectivity index (χ1n) is 11.1. The predicted molar refractivity (Wildman–Crippen MR) is 126 cm³/mol. The number of amides is 2. The zero-order chi connectivity index (χ0) is 22.5. The normalized spacial score (nSPS) is 16.5. The van der Waals surface area contributed by atoms with E-state index >= 15 is 0 Å². The fourth-order valence-electron chi connectivity index (χ4n) is 4.07. The standard InChI is InChI=1S/C25H34N2O3S/c1-6-17(2)14-26(20(5)28)15-25(29)27-11-9-24-21(10-12-31-24)22(27)16-30-23-8-7-18(3)13-19(23)4/h7-8,10,12-13,17,22H,6,9,11,14-16H2,1-5H3/t17-,22+/m1/s1. The van der Waals surface area contributed by atoms with E-state index in [9.17, 15) is 9.59 Å². The van der Waals surface area contributed by atoms with Crippen LogP contribution in [0.2, 0.25) is 0 Å². The smallest absolute Gasteiger partial charge is 0.242 e. The summed E-state index contributed by atoms with van der Waals surface area (Å²) in [7, 11) is 0. The van der Waals surface area contributed by atoms with Gasteiger partial charge in [0.15, 0.2) is 0 Å². The molecule has 2 atom stereocenters. The van der Waals surface area contributed by atoms with Gasteiger partial charge in [0.05, 0.1) is 12.6 Å². The van der Waals surface area contributed by atoms with Crippen molar-refractivity contribution < 1.29 is 14.3 Å². The van der Waals surface area contributed by atoms with E-state index in [-0.39, 0.29) is 24.4 Å². The zero-order valence-corrected chi connectivity index (χ0v) is 20.1. The first kappa shape index (κ1) is 23.3. The molecule has 2 amide bonds. The maximum atomic E-state index is 13.3. The van der Waals surface area contributed by atoms with Gasteiger partial charge < -0.3 is 14.5 Å². The van der Waals surface area contributed by atoms with Gasteiger partial charge in [0.25, 0.3) is 0 Å². The Hall–Kier alpha value is -2.34. The first-order valence-corrected chi connectivity index (χ1v) is 12.0. The first-order chi connectivity index (χ1) is 14.8. The Morgan fingerprint density at radius 1 is 1.29 bits per heavy atom. The third-order valence-corrected chi connectivity index (χ3v) is 7.14. The van der Waals surface area contributed by atoms with E-state index in [0.29, 0.717) is 25.6 Å². The molecule has 0 radical (unpaired) electrons. The van der Waals surface area contributed by atoms with Crippen LogP contribution in [0, 0.1) is 19.8 Å². The summed E-state index contributed by atoms with van der Waals surface area (Å²) < 4.78 is 6.20. The van der Waals surface area contributed by atoms with Crippen molar-refractivity contribution in [1.82, 2.24) is 9.80 Å². The van der Waals surface area contributed by atoms with Crippen LogP contribution >= 0.6 is 11.3 Å². The number of rotatable bonds is 8. The number of hydrogen-bond donors (Lipinski definition) is 0. The van der Waals surface area contributed by atoms with Crippen molar-refractivity contribution in [1.29, 1.82) is 0 Å². The largest absolute Gasteiger partial charge is 0.491 e. The highest BCUT2D eigenvalue weighted by Gasteiger charge is 2.33. The van der Waals surface area contributed by atoms with Gasteiger partial charge >= 0.3 is 0 Å². The number of benzene rings is 1. The Labute approximate surface area is 190 Å². The number of carbonyl (C=O) groups is 2. The summed E-state index contributed by atoms with van der Waals surface area (Å²) >= 11 is 1.74. The molecule has 0 spiro atoms. The summed E-state index contributed by atoms with van der Waals surface area (Å²) in [4.78, 5) is 30.4. The Balaban J connectivity index is 1.77. The maximum absolute atomic E-state index is 13.3. The molecule has 0 saturated carbocycles. The molecule has 2 aromatic rings. The molecule has 168 valence electrons. The van der Waals surface area contributed by atoms with E-state index in [2.05, 4.69) is 38.3 Å². The monoisotopic (exact) mass is 442 g/mol. The predicted octanol–water partition coefficient (Wildman–Crippen LogP) is 4.76. The lowest BCUT2D eigenvalue weighted by Gasteiger charge is -2.37. The fraction of sp³-hybridized carbons (Fsp3) is 0.520. The highest BCUT2D eigenvalue weighted by Crippen LogP contribution is 2.34. The molecular weight excluding hydrogens is 408 g/mol. The van der Waals surface area contributed by atoms with E-state index < -0.39 is 0 Å². The van der Waals surface area contributed by atoms with Gasteiger partial charge in [-0.3, -0.25) is 9.59 Å². The molecule has 0 unspecified atom stereocenters. The lowest BCUT2D eigenvalue weighted by atomic mass is 10.00. The molecule has 3 rings (SSSR count). The Morgan fingerprint density at radius 3 is 2.74 bits per heavy atom. The maximum Gasteiger partial charge on any atom is 0.242 e. The summed E-state index contributed by atoms with van der Waals surface area (Å²) in [5.41, 5.74) is 3.46. The van der Waals surface area contributed by atoms with Gasteiger partial charge in [-0.1, -0.05) is 38.0 Å². The molecule has 1 aliphatic rings. The molecular formula is C25H34N2O3S. The van der Waals surface area contributed by atoms with Gasteiger partial charge in [0, 0.05) is 24.9 Å². The minimum Gasteiger partial charge on any atom is -0.491 e. The molecule has 2 heterocycles. The van der Waals surface area contributed by atoms with Crippen molar-refractivity contribution in [3.63, 3.8) is 0 Å². The fourth-order valence-corrected chi connectivity index (χ4v) is 5.00. The molecule has 0 bridgehead atoms. The van der Waals surface area contributed by atoms with Crippen LogP contribution < -0.4 is 4.74 Å². The second-order valence-electron chi connectivity index (χ2n) is 8.64. The summed E-state index contributed by atoms with van der Waals surface area (Å²) in [5, 5.41) is 2.09. The molecule has 5 nitrogen and oxygen atoms in total. The summed E-state index contributed by atoms with van der Waals surface area (Å²) in [6, 6.07) is 8.12.